The number of pyridine rings is 1. The van der Waals surface area contributed by atoms with Gasteiger partial charge in [-0.15, -0.1) is 0 Å². The summed E-state index contributed by atoms with van der Waals surface area (Å²) >= 11 is 0. The summed E-state index contributed by atoms with van der Waals surface area (Å²) < 4.78 is 33.5. The van der Waals surface area contributed by atoms with E-state index in [1.165, 1.54) is 29.6 Å². The van der Waals surface area contributed by atoms with Crippen molar-refractivity contribution in [2.24, 2.45) is 11.8 Å². The Morgan fingerprint density at radius 2 is 1.76 bits per heavy atom. The number of hydrogen-bond acceptors (Lipinski definition) is 6. The lowest BCUT2D eigenvalue weighted by molar-refractivity contribution is -0.121. The Hall–Kier alpha value is -2.98. The van der Waals surface area contributed by atoms with Gasteiger partial charge in [-0.25, -0.2) is 8.42 Å². The number of ether oxygens (including phenoxy) is 1. The lowest BCUT2D eigenvalue weighted by atomic mass is 9.94. The van der Waals surface area contributed by atoms with Crippen molar-refractivity contribution in [1.29, 1.82) is 0 Å². The molecule has 1 aromatic heterocycles. The van der Waals surface area contributed by atoms with Crippen LogP contribution in [-0.4, -0.2) is 56.3 Å². The predicted octanol–water partition coefficient (Wildman–Crippen LogP) is 2.19. The maximum atomic E-state index is 13.4. The first kappa shape index (κ1) is 25.6. The largest absolute Gasteiger partial charge is 0.495 e. The van der Waals surface area contributed by atoms with Crippen LogP contribution in [0.2, 0.25) is 0 Å². The van der Waals surface area contributed by atoms with E-state index in [1.807, 2.05) is 26.0 Å². The fourth-order valence-corrected chi connectivity index (χ4v) is 6.00. The highest BCUT2D eigenvalue weighted by Gasteiger charge is 2.34. The Morgan fingerprint density at radius 3 is 2.41 bits per heavy atom. The van der Waals surface area contributed by atoms with Crippen molar-refractivity contribution in [3.05, 3.63) is 53.9 Å². The van der Waals surface area contributed by atoms with Gasteiger partial charge in [-0.2, -0.15) is 4.31 Å². The summed E-state index contributed by atoms with van der Waals surface area (Å²) in [5, 5.41) is 5.46. The number of carbonyl (C=O) groups is 2. The van der Waals surface area contributed by atoms with Gasteiger partial charge in [0.2, 0.25) is 15.9 Å². The third-order valence-electron chi connectivity index (χ3n) is 5.76. The molecule has 1 aromatic carbocycles. The standard InChI is InChI=1S/C24H32N4O5S/c1-17-12-18(2)16-28(15-17)34(31,32)22-13-20(4-5-21(22)33-3)24(30)26-11-8-23(29)27-14-19-6-9-25-10-7-19/h4-7,9-10,13,17-18H,8,11-12,14-16H2,1-3H3,(H,26,30)(H,27,29). The molecule has 2 amide bonds. The van der Waals surface area contributed by atoms with Crippen molar-refractivity contribution in [2.75, 3.05) is 26.7 Å². The summed E-state index contributed by atoms with van der Waals surface area (Å²) in [7, 11) is -2.43. The molecule has 1 saturated heterocycles. The molecular formula is C24H32N4O5S. The smallest absolute Gasteiger partial charge is 0.251 e. The number of amides is 2. The van der Waals surface area contributed by atoms with Crippen molar-refractivity contribution in [3.63, 3.8) is 0 Å². The molecule has 10 heteroatoms. The first-order valence-electron chi connectivity index (χ1n) is 11.3. The van der Waals surface area contributed by atoms with Crippen LogP contribution in [0.1, 0.15) is 42.6 Å². The minimum atomic E-state index is -3.83. The van der Waals surface area contributed by atoms with Gasteiger partial charge in [0.25, 0.3) is 5.91 Å². The molecule has 0 saturated carbocycles. The van der Waals surface area contributed by atoms with Crippen molar-refractivity contribution in [1.82, 2.24) is 19.9 Å². The lowest BCUT2D eigenvalue weighted by Crippen LogP contribution is -2.42. The maximum absolute atomic E-state index is 13.4. The second-order valence-electron chi connectivity index (χ2n) is 8.77. The molecule has 34 heavy (non-hydrogen) atoms. The topological polar surface area (TPSA) is 118 Å². The molecule has 1 fully saturated rings. The second kappa shape index (κ2) is 11.4. The van der Waals surface area contributed by atoms with Gasteiger partial charge >= 0.3 is 0 Å². The van der Waals surface area contributed by atoms with E-state index in [1.54, 1.807) is 12.4 Å². The van der Waals surface area contributed by atoms with Crippen LogP contribution in [0.4, 0.5) is 0 Å². The quantitative estimate of drug-likeness (QED) is 0.559. The highest BCUT2D eigenvalue weighted by atomic mass is 32.2. The lowest BCUT2D eigenvalue weighted by Gasteiger charge is -2.34. The Balaban J connectivity index is 1.63. The highest BCUT2D eigenvalue weighted by molar-refractivity contribution is 7.89. The fraction of sp³-hybridized carbons (Fsp3) is 0.458. The van der Waals surface area contributed by atoms with E-state index in [2.05, 4.69) is 15.6 Å². The van der Waals surface area contributed by atoms with Crippen molar-refractivity contribution >= 4 is 21.8 Å². The third-order valence-corrected chi connectivity index (χ3v) is 7.61. The van der Waals surface area contributed by atoms with E-state index in [9.17, 15) is 18.0 Å². The summed E-state index contributed by atoms with van der Waals surface area (Å²) in [5.41, 5.74) is 1.12. The molecule has 1 aliphatic rings. The van der Waals surface area contributed by atoms with E-state index in [0.29, 0.717) is 19.6 Å². The number of nitrogens with zero attached hydrogens (tertiary/aromatic N) is 2. The summed E-state index contributed by atoms with van der Waals surface area (Å²) in [5.74, 6) is 0.0317. The Bertz CT molecular complexity index is 1100. The molecule has 184 valence electrons. The first-order valence-corrected chi connectivity index (χ1v) is 12.8. The molecule has 1 aliphatic heterocycles. The van der Waals surface area contributed by atoms with Crippen LogP contribution < -0.4 is 15.4 Å². The molecule has 2 atom stereocenters. The Morgan fingerprint density at radius 1 is 1.09 bits per heavy atom. The number of aromatic nitrogens is 1. The molecule has 0 radical (unpaired) electrons. The molecule has 3 rings (SSSR count). The molecule has 2 unspecified atom stereocenters. The second-order valence-corrected chi connectivity index (χ2v) is 10.7. The summed E-state index contributed by atoms with van der Waals surface area (Å²) in [6.45, 7) is 5.43. The monoisotopic (exact) mass is 488 g/mol. The average Bonchev–Trinajstić information content (AvgIpc) is 2.82. The fourth-order valence-electron chi connectivity index (χ4n) is 4.14. The van der Waals surface area contributed by atoms with Gasteiger partial charge in [0.05, 0.1) is 7.11 Å². The van der Waals surface area contributed by atoms with Crippen molar-refractivity contribution < 1.29 is 22.7 Å². The van der Waals surface area contributed by atoms with Crippen LogP contribution in [0.5, 0.6) is 5.75 Å². The van der Waals surface area contributed by atoms with Gasteiger partial charge in [-0.3, -0.25) is 14.6 Å². The van der Waals surface area contributed by atoms with E-state index >= 15 is 0 Å². The third kappa shape index (κ3) is 6.54. The minimum Gasteiger partial charge on any atom is -0.495 e. The van der Waals surface area contributed by atoms with Gasteiger partial charge in [-0.05, 0) is 54.2 Å². The molecular weight excluding hydrogens is 456 g/mol. The number of methoxy groups -OCH3 is 1. The predicted molar refractivity (Wildman–Crippen MR) is 128 cm³/mol. The zero-order valence-corrected chi connectivity index (χ0v) is 20.6. The van der Waals surface area contributed by atoms with Crippen LogP contribution >= 0.6 is 0 Å². The molecule has 2 heterocycles. The van der Waals surface area contributed by atoms with E-state index in [0.717, 1.165) is 12.0 Å². The van der Waals surface area contributed by atoms with Gasteiger partial charge in [0.15, 0.2) is 0 Å². The number of hydrogen-bond donors (Lipinski definition) is 2. The number of nitrogens with one attached hydrogen (secondary N) is 2. The van der Waals surface area contributed by atoms with E-state index < -0.39 is 15.9 Å². The van der Waals surface area contributed by atoms with Crippen LogP contribution in [0.3, 0.4) is 0 Å². The number of piperidine rings is 1. The first-order chi connectivity index (χ1) is 16.2. The molecule has 2 N–H and O–H groups in total. The van der Waals surface area contributed by atoms with Crippen LogP contribution in [0.25, 0.3) is 0 Å². The average molecular weight is 489 g/mol. The van der Waals surface area contributed by atoms with Crippen molar-refractivity contribution in [2.45, 2.75) is 38.1 Å². The Kier molecular flexibility index (Phi) is 8.62. The normalized spacial score (nSPS) is 18.8. The van der Waals surface area contributed by atoms with Gasteiger partial charge in [-0.1, -0.05) is 13.8 Å². The van der Waals surface area contributed by atoms with E-state index in [-0.39, 0.29) is 46.9 Å². The summed E-state index contributed by atoms with van der Waals surface area (Å²) in [6.07, 6.45) is 4.37. The van der Waals surface area contributed by atoms with Gasteiger partial charge in [0, 0.05) is 50.6 Å². The maximum Gasteiger partial charge on any atom is 0.251 e. The zero-order chi connectivity index (χ0) is 24.7. The summed E-state index contributed by atoms with van der Waals surface area (Å²) in [4.78, 5) is 28.6. The van der Waals surface area contributed by atoms with E-state index in [4.69, 9.17) is 4.74 Å². The van der Waals surface area contributed by atoms with Crippen LogP contribution in [0.15, 0.2) is 47.6 Å². The van der Waals surface area contributed by atoms with Crippen LogP contribution in [0, 0.1) is 11.8 Å². The molecule has 2 aromatic rings. The number of carbonyl (C=O) groups excluding carboxylic acids is 2. The van der Waals surface area contributed by atoms with Crippen LogP contribution in [-0.2, 0) is 21.4 Å². The molecule has 0 bridgehead atoms. The SMILES string of the molecule is COc1ccc(C(=O)NCCC(=O)NCc2ccncc2)cc1S(=O)(=O)N1CC(C)CC(C)C1. The van der Waals surface area contributed by atoms with Crippen molar-refractivity contribution in [3.8, 4) is 5.75 Å². The zero-order valence-electron chi connectivity index (χ0n) is 19.8. The number of benzene rings is 1. The minimum absolute atomic E-state index is 0.0287. The van der Waals surface area contributed by atoms with Gasteiger partial charge in [0.1, 0.15) is 10.6 Å². The molecule has 0 spiro atoms. The van der Waals surface area contributed by atoms with Gasteiger partial charge < -0.3 is 15.4 Å². The number of sulfonamides is 1. The molecule has 9 nitrogen and oxygen atoms in total. The highest BCUT2D eigenvalue weighted by Crippen LogP contribution is 2.32. The molecule has 0 aliphatic carbocycles. The number of rotatable bonds is 9. The summed E-state index contributed by atoms with van der Waals surface area (Å²) in [6, 6.07) is 7.96. The Labute approximate surface area is 201 Å².